The zero-order valence-electron chi connectivity index (χ0n) is 15.2. The predicted molar refractivity (Wildman–Crippen MR) is 106 cm³/mol. The number of carbonyl (C=O) groups excluding carboxylic acids is 1. The van der Waals surface area contributed by atoms with E-state index in [-0.39, 0.29) is 17.1 Å². The number of benzene rings is 2. The van der Waals surface area contributed by atoms with Crippen molar-refractivity contribution in [1.29, 1.82) is 0 Å². The van der Waals surface area contributed by atoms with Gasteiger partial charge >= 0.3 is 0 Å². The van der Waals surface area contributed by atoms with E-state index in [4.69, 9.17) is 5.73 Å². The number of amides is 1. The van der Waals surface area contributed by atoms with Gasteiger partial charge in [-0.2, -0.15) is 0 Å². The summed E-state index contributed by atoms with van der Waals surface area (Å²) >= 11 is 0. The molecule has 0 saturated heterocycles. The van der Waals surface area contributed by atoms with Gasteiger partial charge in [0.1, 0.15) is 11.5 Å². The summed E-state index contributed by atoms with van der Waals surface area (Å²) in [5.41, 5.74) is 9.02. The lowest BCUT2D eigenvalue weighted by Crippen LogP contribution is -2.18. The van der Waals surface area contributed by atoms with Gasteiger partial charge in [-0.25, -0.2) is 4.39 Å². The molecule has 6 heteroatoms. The predicted octanol–water partition coefficient (Wildman–Crippen LogP) is 3.39. The molecule has 0 spiro atoms. The highest BCUT2D eigenvalue weighted by molar-refractivity contribution is 5.97. The van der Waals surface area contributed by atoms with Crippen LogP contribution in [-0.2, 0) is 6.54 Å². The quantitative estimate of drug-likeness (QED) is 0.594. The first-order chi connectivity index (χ1) is 13.5. The van der Waals surface area contributed by atoms with Crippen molar-refractivity contribution in [2.75, 3.05) is 0 Å². The zero-order chi connectivity index (χ0) is 19.8. The molecular weight excluding hydrogens is 357 g/mol. The molecule has 0 aliphatic heterocycles. The number of primary amides is 1. The summed E-state index contributed by atoms with van der Waals surface area (Å²) in [6, 6.07) is 18.8. The molecule has 2 aromatic heterocycles. The minimum atomic E-state index is -0.595. The van der Waals surface area contributed by atoms with Crippen LogP contribution in [0.4, 0.5) is 4.39 Å². The maximum Gasteiger partial charge on any atom is 0.265 e. The largest absolute Gasteiger partial charge is 0.364 e. The number of pyridine rings is 1. The van der Waals surface area contributed by atoms with E-state index in [1.165, 1.54) is 12.1 Å². The molecule has 2 heterocycles. The molecule has 28 heavy (non-hydrogen) atoms. The van der Waals surface area contributed by atoms with Gasteiger partial charge in [0.15, 0.2) is 0 Å². The van der Waals surface area contributed by atoms with E-state index < -0.39 is 5.91 Å². The Hall–Kier alpha value is -3.67. The Bertz CT molecular complexity index is 1260. The van der Waals surface area contributed by atoms with Crippen LogP contribution in [-0.4, -0.2) is 15.0 Å². The monoisotopic (exact) mass is 375 g/mol. The number of fused-ring (bicyclic) bond motifs is 1. The Kier molecular flexibility index (Phi) is 4.31. The molecule has 0 atom stereocenters. The van der Waals surface area contributed by atoms with Crippen LogP contribution in [0.2, 0.25) is 0 Å². The van der Waals surface area contributed by atoms with Crippen LogP contribution in [0, 0.1) is 12.7 Å². The summed E-state index contributed by atoms with van der Waals surface area (Å²) in [6.45, 7) is 2.02. The first kappa shape index (κ1) is 17.7. The van der Waals surface area contributed by atoms with Crippen molar-refractivity contribution >= 4 is 16.9 Å². The average molecular weight is 375 g/mol. The number of carbonyl (C=O) groups is 1. The number of nitrogens with zero attached hydrogens (tertiary/aromatic N) is 2. The van der Waals surface area contributed by atoms with Gasteiger partial charge < -0.3 is 10.3 Å². The number of aromatic nitrogens is 2. The standard InChI is InChI=1S/C22H18FN3O2/c1-14-11-15(7-8-17(14)23)13-25-18-9-10-21(27)26(16-5-3-2-4-6-16)19(18)12-20(25)22(24)28/h2-12H,13H2,1H3,(H2,24,28). The van der Waals surface area contributed by atoms with Gasteiger partial charge in [-0.3, -0.25) is 14.2 Å². The van der Waals surface area contributed by atoms with Crippen LogP contribution in [0.25, 0.3) is 16.7 Å². The Morgan fingerprint density at radius 3 is 2.43 bits per heavy atom. The molecule has 4 aromatic rings. The maximum atomic E-state index is 13.6. The van der Waals surface area contributed by atoms with Gasteiger partial charge in [0.05, 0.1) is 11.0 Å². The zero-order valence-corrected chi connectivity index (χ0v) is 15.2. The van der Waals surface area contributed by atoms with Crippen molar-refractivity contribution in [1.82, 2.24) is 9.13 Å². The lowest BCUT2D eigenvalue weighted by Gasteiger charge is -2.11. The Labute approximate surface area is 160 Å². The van der Waals surface area contributed by atoms with Crippen molar-refractivity contribution in [3.63, 3.8) is 0 Å². The molecule has 2 N–H and O–H groups in total. The second-order valence-corrected chi connectivity index (χ2v) is 6.68. The number of rotatable bonds is 4. The number of hydrogen-bond donors (Lipinski definition) is 1. The summed E-state index contributed by atoms with van der Waals surface area (Å²) < 4.78 is 16.9. The van der Waals surface area contributed by atoms with Gasteiger partial charge in [0, 0.05) is 18.3 Å². The van der Waals surface area contributed by atoms with Crippen molar-refractivity contribution in [3.05, 3.63) is 99.7 Å². The van der Waals surface area contributed by atoms with Crippen LogP contribution in [0.5, 0.6) is 0 Å². The van der Waals surface area contributed by atoms with Crippen molar-refractivity contribution in [2.45, 2.75) is 13.5 Å². The number of aryl methyl sites for hydroxylation is 1. The molecule has 0 unspecified atom stereocenters. The van der Waals surface area contributed by atoms with Crippen molar-refractivity contribution in [3.8, 4) is 5.69 Å². The normalized spacial score (nSPS) is 11.1. The Balaban J connectivity index is 1.96. The Morgan fingerprint density at radius 1 is 1.00 bits per heavy atom. The van der Waals surface area contributed by atoms with E-state index in [2.05, 4.69) is 0 Å². The first-order valence-corrected chi connectivity index (χ1v) is 8.81. The summed E-state index contributed by atoms with van der Waals surface area (Å²) in [7, 11) is 0. The molecule has 1 amide bonds. The highest BCUT2D eigenvalue weighted by Gasteiger charge is 2.17. The van der Waals surface area contributed by atoms with Gasteiger partial charge in [-0.1, -0.05) is 30.3 Å². The van der Waals surface area contributed by atoms with Crippen molar-refractivity contribution in [2.24, 2.45) is 5.73 Å². The minimum Gasteiger partial charge on any atom is -0.364 e. The van der Waals surface area contributed by atoms with E-state index >= 15 is 0 Å². The fourth-order valence-corrected chi connectivity index (χ4v) is 3.45. The summed E-state index contributed by atoms with van der Waals surface area (Å²) in [5, 5.41) is 0. The van der Waals surface area contributed by atoms with E-state index in [1.54, 1.807) is 40.3 Å². The molecule has 0 fully saturated rings. The molecule has 0 radical (unpaired) electrons. The van der Waals surface area contributed by atoms with Gasteiger partial charge in [-0.15, -0.1) is 0 Å². The lowest BCUT2D eigenvalue weighted by atomic mass is 10.1. The van der Waals surface area contributed by atoms with Crippen molar-refractivity contribution < 1.29 is 9.18 Å². The van der Waals surface area contributed by atoms with Gasteiger partial charge in [-0.05, 0) is 48.4 Å². The van der Waals surface area contributed by atoms with Crippen LogP contribution in [0.1, 0.15) is 21.6 Å². The molecular formula is C22H18FN3O2. The smallest absolute Gasteiger partial charge is 0.265 e. The third kappa shape index (κ3) is 2.99. The van der Waals surface area contributed by atoms with E-state index in [0.29, 0.717) is 28.8 Å². The molecule has 0 saturated carbocycles. The molecule has 140 valence electrons. The Morgan fingerprint density at radius 2 is 1.75 bits per heavy atom. The number of nitrogens with two attached hydrogens (primary N) is 1. The lowest BCUT2D eigenvalue weighted by molar-refractivity contribution is 0.0992. The average Bonchev–Trinajstić information content (AvgIpc) is 3.04. The number of halogens is 1. The summed E-state index contributed by atoms with van der Waals surface area (Å²) in [5.74, 6) is -0.878. The number of hydrogen-bond acceptors (Lipinski definition) is 2. The van der Waals surface area contributed by atoms with Crippen LogP contribution < -0.4 is 11.3 Å². The highest BCUT2D eigenvalue weighted by atomic mass is 19.1. The van der Waals surface area contributed by atoms with Crippen LogP contribution in [0.3, 0.4) is 0 Å². The third-order valence-corrected chi connectivity index (χ3v) is 4.79. The molecule has 4 rings (SSSR count). The van der Waals surface area contributed by atoms with Crippen LogP contribution in [0.15, 0.2) is 71.5 Å². The maximum absolute atomic E-state index is 13.6. The molecule has 2 aromatic carbocycles. The topological polar surface area (TPSA) is 70.0 Å². The van der Waals surface area contributed by atoms with Gasteiger partial charge in [0.25, 0.3) is 11.5 Å². The molecule has 0 bridgehead atoms. The van der Waals surface area contributed by atoms with E-state index in [1.807, 2.05) is 30.3 Å². The molecule has 0 aliphatic rings. The molecule has 5 nitrogen and oxygen atoms in total. The number of para-hydroxylation sites is 1. The molecule has 0 aliphatic carbocycles. The van der Waals surface area contributed by atoms with Gasteiger partial charge in [0.2, 0.25) is 0 Å². The summed E-state index contributed by atoms with van der Waals surface area (Å²) in [6.07, 6.45) is 0. The first-order valence-electron chi connectivity index (χ1n) is 8.81. The SMILES string of the molecule is Cc1cc(Cn2c(C(N)=O)cc3c2ccc(=O)n3-c2ccccc2)ccc1F. The second-order valence-electron chi connectivity index (χ2n) is 6.68. The fraction of sp³-hybridized carbons (Fsp3) is 0.0909. The second kappa shape index (κ2) is 6.81. The summed E-state index contributed by atoms with van der Waals surface area (Å²) in [4.78, 5) is 24.6. The minimum absolute atomic E-state index is 0.204. The van der Waals surface area contributed by atoms with Crippen LogP contribution >= 0.6 is 0 Å². The van der Waals surface area contributed by atoms with E-state index in [0.717, 1.165) is 5.56 Å². The fourth-order valence-electron chi connectivity index (χ4n) is 3.45. The third-order valence-electron chi connectivity index (χ3n) is 4.79. The van der Waals surface area contributed by atoms with E-state index in [9.17, 15) is 14.0 Å². The highest BCUT2D eigenvalue weighted by Crippen LogP contribution is 2.23.